The van der Waals surface area contributed by atoms with Crippen LogP contribution in [0, 0.1) is 18.3 Å². The number of anilines is 1. The lowest BCUT2D eigenvalue weighted by Gasteiger charge is -2.41. The number of nitriles is 1. The minimum absolute atomic E-state index is 0.0879. The smallest absolute Gasteiger partial charge is 0.339 e. The highest BCUT2D eigenvalue weighted by Gasteiger charge is 2.38. The molecule has 0 saturated carbocycles. The highest BCUT2D eigenvalue weighted by atomic mass is 16.6. The zero-order chi connectivity index (χ0) is 36.9. The van der Waals surface area contributed by atoms with E-state index in [4.69, 9.17) is 29.0 Å². The van der Waals surface area contributed by atoms with Gasteiger partial charge in [0, 0.05) is 42.4 Å². The number of esters is 1. The second-order valence-electron chi connectivity index (χ2n) is 14.3. The van der Waals surface area contributed by atoms with Crippen molar-refractivity contribution >= 4 is 17.4 Å². The molecule has 0 radical (unpaired) electrons. The van der Waals surface area contributed by atoms with Crippen molar-refractivity contribution in [2.24, 2.45) is 0 Å². The second-order valence-corrected chi connectivity index (χ2v) is 14.3. The summed E-state index contributed by atoms with van der Waals surface area (Å²) in [6, 6.07) is 17.7. The molecule has 51 heavy (non-hydrogen) atoms. The molecule has 0 aliphatic carbocycles. The minimum atomic E-state index is -1.03. The normalized spacial score (nSPS) is 15.5. The van der Waals surface area contributed by atoms with Crippen molar-refractivity contribution < 1.29 is 23.7 Å². The van der Waals surface area contributed by atoms with E-state index in [0.29, 0.717) is 60.0 Å². The van der Waals surface area contributed by atoms with E-state index in [-0.39, 0.29) is 11.7 Å². The largest absolute Gasteiger partial charge is 0.490 e. The van der Waals surface area contributed by atoms with Crippen LogP contribution < -0.4 is 9.64 Å². The number of ether oxygens (including phenoxy) is 4. The van der Waals surface area contributed by atoms with Gasteiger partial charge in [0.05, 0.1) is 53.9 Å². The van der Waals surface area contributed by atoms with Crippen LogP contribution in [-0.4, -0.2) is 64.7 Å². The average molecular weight is 692 g/mol. The fourth-order valence-corrected chi connectivity index (χ4v) is 6.42. The van der Waals surface area contributed by atoms with Gasteiger partial charge in [-0.05, 0) is 84.2 Å². The average Bonchev–Trinajstić information content (AvgIpc) is 3.53. The fourth-order valence-electron chi connectivity index (χ4n) is 6.42. The maximum absolute atomic E-state index is 13.4. The highest BCUT2D eigenvalue weighted by molar-refractivity contribution is 5.81. The van der Waals surface area contributed by atoms with E-state index >= 15 is 0 Å². The molecule has 0 amide bonds. The Bertz CT molecular complexity index is 1940. The maximum atomic E-state index is 13.4. The number of methoxy groups -OCH3 is 1. The molecule has 1 aliphatic heterocycles. The molecule has 0 N–H and O–H groups in total. The third kappa shape index (κ3) is 8.50. The van der Waals surface area contributed by atoms with Gasteiger partial charge in [-0.3, -0.25) is 0 Å². The second kappa shape index (κ2) is 15.5. The van der Waals surface area contributed by atoms with Gasteiger partial charge in [0.1, 0.15) is 11.6 Å². The van der Waals surface area contributed by atoms with Gasteiger partial charge in [-0.2, -0.15) is 14.9 Å². The van der Waals surface area contributed by atoms with Gasteiger partial charge in [0.25, 0.3) is 0 Å². The Morgan fingerprint density at radius 3 is 2.47 bits per heavy atom. The van der Waals surface area contributed by atoms with Crippen LogP contribution in [-0.2, 0) is 19.0 Å². The molecular formula is C41H49N5O5. The predicted molar refractivity (Wildman–Crippen MR) is 200 cm³/mol. The summed E-state index contributed by atoms with van der Waals surface area (Å²) in [6.45, 7) is 21.2. The Hall–Kier alpha value is -4.98. The van der Waals surface area contributed by atoms with E-state index in [1.54, 1.807) is 12.1 Å². The van der Waals surface area contributed by atoms with Gasteiger partial charge >= 0.3 is 5.97 Å². The molecule has 10 heteroatoms. The predicted octanol–water partition coefficient (Wildman–Crippen LogP) is 8.18. The summed E-state index contributed by atoms with van der Waals surface area (Å²) in [6.07, 6.45) is 4.70. The monoisotopic (exact) mass is 691 g/mol. The number of hydrogen-bond acceptors (Lipinski definition) is 9. The summed E-state index contributed by atoms with van der Waals surface area (Å²) in [5.41, 5.74) is 4.73. The Morgan fingerprint density at radius 2 is 1.82 bits per heavy atom. The van der Waals surface area contributed by atoms with Gasteiger partial charge in [-0.1, -0.05) is 30.4 Å². The van der Waals surface area contributed by atoms with Crippen LogP contribution in [0.15, 0.2) is 73.8 Å². The summed E-state index contributed by atoms with van der Waals surface area (Å²) in [5, 5.41) is 14.8. The minimum Gasteiger partial charge on any atom is -0.490 e. The van der Waals surface area contributed by atoms with Crippen LogP contribution in [0.4, 0.5) is 5.82 Å². The number of nitrogens with zero attached hydrogens (tertiary/aromatic N) is 5. The molecule has 1 saturated heterocycles. The quantitative estimate of drug-likeness (QED) is 0.101. The van der Waals surface area contributed by atoms with Gasteiger partial charge in [0.2, 0.25) is 0 Å². The number of rotatable bonds is 13. The summed E-state index contributed by atoms with van der Waals surface area (Å²) in [7, 11) is 1.37. The first-order valence-corrected chi connectivity index (χ1v) is 17.4. The van der Waals surface area contributed by atoms with Gasteiger partial charge in [0.15, 0.2) is 11.8 Å². The van der Waals surface area contributed by atoms with Crippen LogP contribution in [0.25, 0.3) is 28.0 Å². The van der Waals surface area contributed by atoms with Crippen molar-refractivity contribution in [3.8, 4) is 34.2 Å². The lowest BCUT2D eigenvalue weighted by molar-refractivity contribution is -0.164. The Kier molecular flexibility index (Phi) is 11.3. The number of fused-ring (bicyclic) bond motifs is 1. The third-order valence-corrected chi connectivity index (χ3v) is 9.03. The maximum Gasteiger partial charge on any atom is 0.339 e. The molecule has 0 bridgehead atoms. The molecule has 4 aromatic rings. The molecule has 1 fully saturated rings. The van der Waals surface area contributed by atoms with Gasteiger partial charge in [-0.25, -0.2) is 9.78 Å². The van der Waals surface area contributed by atoms with Gasteiger partial charge in [-0.15, -0.1) is 13.2 Å². The number of aromatic nitrogens is 3. The molecule has 2 aromatic heterocycles. The molecule has 1 aliphatic rings. The summed E-state index contributed by atoms with van der Waals surface area (Å²) in [5.74, 6) is 0.909. The zero-order valence-corrected chi connectivity index (χ0v) is 30.9. The van der Waals surface area contributed by atoms with E-state index in [1.165, 1.54) is 7.11 Å². The van der Waals surface area contributed by atoms with Crippen LogP contribution in [0.1, 0.15) is 76.8 Å². The SMILES string of the molecule is C=CCOC1(C)CCN(c2c(C(OC(C)(C)C)C(=O)OC)c(C)nc3cc(-c4cccc(-c5cc(C#N)ccc5OC(C)CC=C)c4)nn23)CC1. The Labute approximate surface area is 301 Å². The summed E-state index contributed by atoms with van der Waals surface area (Å²) in [4.78, 5) is 20.6. The van der Waals surface area contributed by atoms with E-state index in [2.05, 4.69) is 31.1 Å². The molecule has 2 atom stereocenters. The molecule has 0 spiro atoms. The molecule has 5 rings (SSSR count). The van der Waals surface area contributed by atoms with E-state index in [9.17, 15) is 10.1 Å². The summed E-state index contributed by atoms with van der Waals surface area (Å²) < 4.78 is 26.0. The number of carbonyl (C=O) groups excluding carboxylic acids is 1. The van der Waals surface area contributed by atoms with Crippen LogP contribution in [0.5, 0.6) is 5.75 Å². The van der Waals surface area contributed by atoms with Crippen molar-refractivity contribution in [3.05, 3.63) is 90.7 Å². The standard InChI is InChI=1S/C41H49N5O5/c1-10-13-27(3)50-34-17-16-29(26-42)23-32(34)30-14-12-15-31(24-30)33-25-35-43-28(4)36(37(39(47)48-9)51-40(5,6)7)38(46(35)44-33)45-20-18-41(8,19-21-45)49-22-11-2/h10-12,14-17,23-25,27,37H,1-2,13,18-22H2,3-9H3. The lowest BCUT2D eigenvalue weighted by Crippen LogP contribution is -2.45. The van der Waals surface area contributed by atoms with Crippen molar-refractivity contribution in [1.29, 1.82) is 5.26 Å². The van der Waals surface area contributed by atoms with Crippen LogP contribution in [0.3, 0.4) is 0 Å². The van der Waals surface area contributed by atoms with Crippen molar-refractivity contribution in [3.63, 3.8) is 0 Å². The Morgan fingerprint density at radius 1 is 1.10 bits per heavy atom. The van der Waals surface area contributed by atoms with Crippen molar-refractivity contribution in [1.82, 2.24) is 14.6 Å². The van der Waals surface area contributed by atoms with Crippen molar-refractivity contribution in [2.45, 2.75) is 84.2 Å². The molecule has 2 unspecified atom stereocenters. The molecule has 2 aromatic carbocycles. The summed E-state index contributed by atoms with van der Waals surface area (Å²) >= 11 is 0. The first-order chi connectivity index (χ1) is 24.3. The fraction of sp³-hybridized carbons (Fsp3) is 0.415. The van der Waals surface area contributed by atoms with E-state index < -0.39 is 17.7 Å². The third-order valence-electron chi connectivity index (χ3n) is 9.03. The molecule has 10 nitrogen and oxygen atoms in total. The first-order valence-electron chi connectivity index (χ1n) is 17.4. The lowest BCUT2D eigenvalue weighted by atomic mass is 9.92. The molecule has 3 heterocycles. The topological polar surface area (TPSA) is 111 Å². The number of aryl methyl sites for hydroxylation is 1. The molecule has 268 valence electrons. The number of carbonyl (C=O) groups is 1. The molecular weight excluding hydrogens is 642 g/mol. The number of benzene rings is 2. The van der Waals surface area contributed by atoms with Crippen LogP contribution >= 0.6 is 0 Å². The highest BCUT2D eigenvalue weighted by Crippen LogP contribution is 2.39. The number of hydrogen-bond donors (Lipinski definition) is 0. The zero-order valence-electron chi connectivity index (χ0n) is 30.9. The number of piperidine rings is 1. The van der Waals surface area contributed by atoms with E-state index in [1.807, 2.05) is 87.7 Å². The first kappa shape index (κ1) is 37.3. The van der Waals surface area contributed by atoms with Crippen molar-refractivity contribution in [2.75, 3.05) is 31.7 Å². The van der Waals surface area contributed by atoms with Gasteiger partial charge < -0.3 is 23.8 Å². The Balaban J connectivity index is 1.65. The van der Waals surface area contributed by atoms with E-state index in [0.717, 1.165) is 35.3 Å². The van der Waals surface area contributed by atoms with Crippen LogP contribution in [0.2, 0.25) is 0 Å².